The van der Waals surface area contributed by atoms with Crippen molar-refractivity contribution in [2.24, 2.45) is 51.8 Å². The van der Waals surface area contributed by atoms with Crippen molar-refractivity contribution >= 4 is 5.97 Å². The van der Waals surface area contributed by atoms with E-state index >= 15 is 0 Å². The van der Waals surface area contributed by atoms with Crippen LogP contribution in [0.3, 0.4) is 0 Å². The summed E-state index contributed by atoms with van der Waals surface area (Å²) in [5, 5.41) is 44.0. The Balaban J connectivity index is 2.17. The topological polar surface area (TPSA) is 98.0 Å². The van der Waals surface area contributed by atoms with Crippen LogP contribution in [-0.2, 0) is 4.79 Å². The van der Waals surface area contributed by atoms with Gasteiger partial charge in [0.15, 0.2) is 0 Å². The molecule has 0 bridgehead atoms. The molecular formula is C33H58O5. The number of allylic oxidation sites excluding steroid dienone is 1. The third-order valence-corrected chi connectivity index (χ3v) is 12.5. The van der Waals surface area contributed by atoms with Crippen molar-refractivity contribution in [1.29, 1.82) is 0 Å². The van der Waals surface area contributed by atoms with Crippen LogP contribution in [0.25, 0.3) is 0 Å². The minimum atomic E-state index is -0.803. The van der Waals surface area contributed by atoms with Gasteiger partial charge in [-0.3, -0.25) is 0 Å². The molecule has 4 N–H and O–H groups in total. The number of rotatable bonds is 7. The van der Waals surface area contributed by atoms with Crippen molar-refractivity contribution in [3.63, 3.8) is 0 Å². The Kier molecular flexibility index (Phi) is 9.59. The number of aliphatic carboxylic acids is 1. The van der Waals surface area contributed by atoms with E-state index in [9.17, 15) is 25.2 Å². The van der Waals surface area contributed by atoms with Gasteiger partial charge in [-0.25, -0.2) is 4.79 Å². The van der Waals surface area contributed by atoms with E-state index in [2.05, 4.69) is 62.3 Å². The second kappa shape index (κ2) is 11.5. The third kappa shape index (κ3) is 5.63. The molecule has 0 aromatic carbocycles. The lowest BCUT2D eigenvalue weighted by Crippen LogP contribution is -2.47. The first-order chi connectivity index (χ1) is 17.5. The molecule has 5 nitrogen and oxygen atoms in total. The molecule has 220 valence electrons. The van der Waals surface area contributed by atoms with Gasteiger partial charge >= 0.3 is 5.97 Å². The molecule has 38 heavy (non-hydrogen) atoms. The zero-order valence-electron chi connectivity index (χ0n) is 25.8. The molecule has 0 radical (unpaired) electrons. The molecule has 3 aliphatic rings. The number of carbonyl (C=O) groups is 1. The first-order valence-electron chi connectivity index (χ1n) is 15.5. The highest BCUT2D eigenvalue weighted by Crippen LogP contribution is 2.55. The fraction of sp³-hybridized carbons (Fsp3) is 0.909. The number of aliphatic hydroxyl groups is 3. The Bertz CT molecular complexity index is 837. The zero-order valence-corrected chi connectivity index (χ0v) is 25.8. The van der Waals surface area contributed by atoms with E-state index in [-0.39, 0.29) is 64.0 Å². The molecule has 3 aliphatic carbocycles. The number of hydrogen-bond donors (Lipinski definition) is 4. The van der Waals surface area contributed by atoms with Crippen LogP contribution in [0.5, 0.6) is 0 Å². The van der Waals surface area contributed by atoms with Gasteiger partial charge in [0, 0.05) is 5.57 Å². The summed E-state index contributed by atoms with van der Waals surface area (Å²) in [5.74, 6) is 0.171. The van der Waals surface area contributed by atoms with Gasteiger partial charge in [-0.15, -0.1) is 0 Å². The smallest absolute Gasteiger partial charge is 0.331 e. The highest BCUT2D eigenvalue weighted by molar-refractivity contribution is 5.88. The van der Waals surface area contributed by atoms with Crippen LogP contribution in [-0.4, -0.2) is 44.7 Å². The summed E-state index contributed by atoms with van der Waals surface area (Å²) in [4.78, 5) is 13.3. The van der Waals surface area contributed by atoms with E-state index in [1.807, 2.05) is 0 Å². The third-order valence-electron chi connectivity index (χ3n) is 12.5. The van der Waals surface area contributed by atoms with E-state index < -0.39 is 12.1 Å². The SMILES string of the molecule is CC(C)C1(C)CC(C(C(=O)O)=C(C2CCC(O)C(C)(C(C)C)C2)C2CCC(O)C(C)(C(C)C)C2)CCC1O. The molecule has 0 heterocycles. The lowest BCUT2D eigenvalue weighted by Gasteiger charge is -2.51. The van der Waals surface area contributed by atoms with Gasteiger partial charge in [0.25, 0.3) is 0 Å². The second-order valence-electron chi connectivity index (χ2n) is 15.1. The van der Waals surface area contributed by atoms with Crippen LogP contribution < -0.4 is 0 Å². The first kappa shape index (κ1) is 31.6. The van der Waals surface area contributed by atoms with Gasteiger partial charge in [-0.2, -0.15) is 0 Å². The van der Waals surface area contributed by atoms with Crippen molar-refractivity contribution in [2.45, 2.75) is 138 Å². The molecule has 9 atom stereocenters. The Morgan fingerprint density at radius 2 is 0.868 bits per heavy atom. The maximum Gasteiger partial charge on any atom is 0.331 e. The summed E-state index contributed by atoms with van der Waals surface area (Å²) in [6, 6.07) is 0. The number of carboxylic acid groups (broad SMARTS) is 1. The first-order valence-corrected chi connectivity index (χ1v) is 15.5. The van der Waals surface area contributed by atoms with Gasteiger partial charge in [0.05, 0.1) is 18.3 Å². The predicted octanol–water partition coefficient (Wildman–Crippen LogP) is 6.84. The summed E-state index contributed by atoms with van der Waals surface area (Å²) in [6.45, 7) is 19.5. The van der Waals surface area contributed by atoms with Gasteiger partial charge < -0.3 is 20.4 Å². The van der Waals surface area contributed by atoms with Crippen molar-refractivity contribution in [3.8, 4) is 0 Å². The van der Waals surface area contributed by atoms with Crippen LogP contribution in [0.1, 0.15) is 120 Å². The molecule has 3 rings (SSSR count). The number of hydrogen-bond acceptors (Lipinski definition) is 4. The molecule has 3 fully saturated rings. The van der Waals surface area contributed by atoms with Crippen LogP contribution in [0.4, 0.5) is 0 Å². The fourth-order valence-corrected chi connectivity index (χ4v) is 8.32. The molecule has 9 unspecified atom stereocenters. The second-order valence-corrected chi connectivity index (χ2v) is 15.1. The molecule has 0 aliphatic heterocycles. The predicted molar refractivity (Wildman–Crippen MR) is 154 cm³/mol. The Hall–Kier alpha value is -0.910. The maximum atomic E-state index is 13.3. The van der Waals surface area contributed by atoms with Gasteiger partial charge in [0.1, 0.15) is 0 Å². The average molecular weight is 535 g/mol. The summed E-state index contributed by atoms with van der Waals surface area (Å²) in [7, 11) is 0. The van der Waals surface area contributed by atoms with Crippen molar-refractivity contribution in [2.75, 3.05) is 0 Å². The van der Waals surface area contributed by atoms with Gasteiger partial charge in [-0.05, 0) is 110 Å². The monoisotopic (exact) mass is 534 g/mol. The fourth-order valence-electron chi connectivity index (χ4n) is 8.32. The standard InChI is InChI=1S/C33H58O5/c1-19(2)31(7)16-22(10-13-25(31)34)28(23-11-14-26(35)32(8,17-23)20(3)4)29(30(37)38)24-12-15-27(36)33(9,18-24)21(5)6/h19-27,34-36H,10-18H2,1-9H3,(H,37,38). The normalized spacial score (nSPS) is 42.5. The summed E-state index contributed by atoms with van der Waals surface area (Å²) in [6.07, 6.45) is 5.44. The molecule has 0 saturated heterocycles. The van der Waals surface area contributed by atoms with Crippen LogP contribution in [0.15, 0.2) is 11.1 Å². The molecule has 0 aromatic rings. The molecule has 0 amide bonds. The Morgan fingerprint density at radius 1 is 0.579 bits per heavy atom. The number of aliphatic hydroxyl groups excluding tert-OH is 3. The summed E-state index contributed by atoms with van der Waals surface area (Å²) < 4.78 is 0. The Labute approximate surface area is 232 Å². The lowest BCUT2D eigenvalue weighted by atomic mass is 9.55. The van der Waals surface area contributed by atoms with Crippen molar-refractivity contribution in [3.05, 3.63) is 11.1 Å². The zero-order chi connectivity index (χ0) is 28.8. The summed E-state index contributed by atoms with van der Waals surface area (Å²) >= 11 is 0. The van der Waals surface area contributed by atoms with E-state index in [0.29, 0.717) is 37.7 Å². The molecule has 5 heteroatoms. The summed E-state index contributed by atoms with van der Waals surface area (Å²) in [5.41, 5.74) is 0.871. The van der Waals surface area contributed by atoms with Crippen molar-refractivity contribution in [1.82, 2.24) is 0 Å². The average Bonchev–Trinajstić information content (AvgIpc) is 2.82. The van der Waals surface area contributed by atoms with E-state index in [0.717, 1.165) is 31.3 Å². The van der Waals surface area contributed by atoms with Crippen LogP contribution in [0.2, 0.25) is 0 Å². The lowest BCUT2D eigenvalue weighted by molar-refractivity contribution is -0.134. The largest absolute Gasteiger partial charge is 0.478 e. The maximum absolute atomic E-state index is 13.3. The van der Waals surface area contributed by atoms with Crippen molar-refractivity contribution < 1.29 is 25.2 Å². The molecule has 0 spiro atoms. The Morgan fingerprint density at radius 3 is 1.16 bits per heavy atom. The van der Waals surface area contributed by atoms with Crippen LogP contribution in [0, 0.1) is 51.8 Å². The van der Waals surface area contributed by atoms with Gasteiger partial charge in [0.2, 0.25) is 0 Å². The molecular weight excluding hydrogens is 476 g/mol. The highest BCUT2D eigenvalue weighted by atomic mass is 16.4. The minimum Gasteiger partial charge on any atom is -0.478 e. The van der Waals surface area contributed by atoms with E-state index in [1.54, 1.807) is 0 Å². The highest BCUT2D eigenvalue weighted by Gasteiger charge is 2.50. The quantitative estimate of drug-likeness (QED) is 0.268. The van der Waals surface area contributed by atoms with Crippen LogP contribution >= 0.6 is 0 Å². The van der Waals surface area contributed by atoms with E-state index in [1.165, 1.54) is 0 Å². The molecule has 0 aromatic heterocycles. The van der Waals surface area contributed by atoms with Gasteiger partial charge in [-0.1, -0.05) is 67.9 Å². The molecule has 3 saturated carbocycles. The van der Waals surface area contributed by atoms with E-state index in [4.69, 9.17) is 0 Å². The minimum absolute atomic E-state index is 0.0902. The number of carboxylic acids is 1.